The maximum Gasteiger partial charge on any atom is 0.355 e. The van der Waals surface area contributed by atoms with E-state index in [2.05, 4.69) is 0 Å². The lowest BCUT2D eigenvalue weighted by atomic mass is 10.0. The Morgan fingerprint density at radius 2 is 1.86 bits per heavy atom. The number of hydrogen-bond acceptors (Lipinski definition) is 4. The smallest absolute Gasteiger partial charge is 0.355 e. The summed E-state index contributed by atoms with van der Waals surface area (Å²) in [4.78, 5) is 12.8. The van der Waals surface area contributed by atoms with E-state index in [-0.39, 0.29) is 5.56 Å². The number of rotatable bonds is 1. The highest BCUT2D eigenvalue weighted by Gasteiger charge is 2.29. The van der Waals surface area contributed by atoms with Crippen molar-refractivity contribution >= 4 is 22.5 Å². The average Bonchev–Trinajstić information content (AvgIpc) is 2.82. The molecule has 1 heterocycles. The molecule has 0 atom stereocenters. The van der Waals surface area contributed by atoms with E-state index in [1.54, 1.807) is 0 Å². The fourth-order valence-electron chi connectivity index (χ4n) is 2.99. The summed E-state index contributed by atoms with van der Waals surface area (Å²) in [5, 5.41) is 11.4. The third kappa shape index (κ3) is 1.47. The molecule has 3 aromatic rings. The molecule has 1 aromatic heterocycles. The second kappa shape index (κ2) is 4.24. The molecule has 3 nitrogen and oxygen atoms in total. The summed E-state index contributed by atoms with van der Waals surface area (Å²) < 4.78 is 5.47. The molecule has 0 spiro atoms. The maximum atomic E-state index is 12.1. The van der Waals surface area contributed by atoms with Gasteiger partial charge in [0.05, 0.1) is 0 Å². The average molecular weight is 291 g/mol. The molecule has 0 aliphatic heterocycles. The van der Waals surface area contributed by atoms with Crippen molar-refractivity contribution < 1.29 is 4.42 Å². The van der Waals surface area contributed by atoms with Crippen LogP contribution < -0.4 is 5.63 Å². The van der Waals surface area contributed by atoms with Crippen LogP contribution >= 0.6 is 11.8 Å². The molecule has 0 saturated heterocycles. The Hall–Kier alpha value is -2.51. The molecule has 0 fully saturated rings. The Morgan fingerprint density at radius 1 is 1.14 bits per heavy atom. The topological polar surface area (TPSA) is 54.0 Å². The van der Waals surface area contributed by atoms with Crippen molar-refractivity contribution in [2.45, 2.75) is 4.90 Å². The number of nitrogens with zero attached hydrogens (tertiary/aromatic N) is 1. The van der Waals surface area contributed by atoms with Gasteiger partial charge in [0, 0.05) is 21.4 Å². The van der Waals surface area contributed by atoms with E-state index in [1.807, 2.05) is 48.7 Å². The summed E-state index contributed by atoms with van der Waals surface area (Å²) in [6.07, 6.45) is 1.87. The third-order valence-corrected chi connectivity index (χ3v) is 4.63. The highest BCUT2D eigenvalue weighted by Crippen LogP contribution is 2.50. The standard InChI is InChI=1S/C17H9NO2S/c1-21-16-12(8-18)17(19)20-15-11-7-3-5-9-4-2-6-10(13(9)11)14(15)16/h2-7H,1H3. The van der Waals surface area contributed by atoms with Crippen molar-refractivity contribution in [2.24, 2.45) is 0 Å². The van der Waals surface area contributed by atoms with Crippen LogP contribution in [0.4, 0.5) is 0 Å². The molecule has 0 bridgehead atoms. The quantitative estimate of drug-likeness (QED) is 0.497. The van der Waals surface area contributed by atoms with Crippen molar-refractivity contribution in [3.8, 4) is 28.5 Å². The van der Waals surface area contributed by atoms with Crippen LogP contribution in [-0.4, -0.2) is 6.26 Å². The molecule has 1 aliphatic carbocycles. The molecule has 4 rings (SSSR count). The van der Waals surface area contributed by atoms with Gasteiger partial charge < -0.3 is 4.42 Å². The van der Waals surface area contributed by atoms with Gasteiger partial charge in [0.2, 0.25) is 0 Å². The van der Waals surface area contributed by atoms with Gasteiger partial charge in [-0.05, 0) is 17.2 Å². The van der Waals surface area contributed by atoms with Crippen molar-refractivity contribution in [3.63, 3.8) is 0 Å². The van der Waals surface area contributed by atoms with Gasteiger partial charge in [-0.15, -0.1) is 11.8 Å². The molecule has 0 amide bonds. The van der Waals surface area contributed by atoms with E-state index in [0.717, 1.165) is 27.5 Å². The van der Waals surface area contributed by atoms with Crippen LogP contribution in [0, 0.1) is 11.3 Å². The van der Waals surface area contributed by atoms with E-state index < -0.39 is 5.63 Å². The molecular weight excluding hydrogens is 282 g/mol. The van der Waals surface area contributed by atoms with E-state index in [0.29, 0.717) is 10.7 Å². The predicted octanol–water partition coefficient (Wildman–Crippen LogP) is 4.03. The van der Waals surface area contributed by atoms with Gasteiger partial charge in [0.15, 0.2) is 5.56 Å². The van der Waals surface area contributed by atoms with Crippen LogP contribution in [0.5, 0.6) is 0 Å². The van der Waals surface area contributed by atoms with Gasteiger partial charge >= 0.3 is 5.63 Å². The first kappa shape index (κ1) is 12.2. The fourth-order valence-corrected chi connectivity index (χ4v) is 3.73. The minimum atomic E-state index is -0.564. The van der Waals surface area contributed by atoms with E-state index in [1.165, 1.54) is 11.8 Å². The normalized spacial score (nSPS) is 11.4. The predicted molar refractivity (Wildman–Crippen MR) is 83.4 cm³/mol. The number of hydrogen-bond donors (Lipinski definition) is 0. The van der Waals surface area contributed by atoms with Gasteiger partial charge in [-0.2, -0.15) is 5.26 Å². The zero-order valence-corrected chi connectivity index (χ0v) is 12.0. The molecule has 100 valence electrons. The lowest BCUT2D eigenvalue weighted by Gasteiger charge is -2.07. The summed E-state index contributed by atoms with van der Waals surface area (Å²) in [6.45, 7) is 0. The van der Waals surface area contributed by atoms with E-state index in [4.69, 9.17) is 4.42 Å². The van der Waals surface area contributed by atoms with Crippen LogP contribution in [0.15, 0.2) is 50.5 Å². The Morgan fingerprint density at radius 3 is 2.52 bits per heavy atom. The third-order valence-electron chi connectivity index (χ3n) is 3.81. The van der Waals surface area contributed by atoms with Crippen molar-refractivity contribution in [2.75, 3.05) is 6.26 Å². The Balaban J connectivity index is 2.27. The Kier molecular flexibility index (Phi) is 2.47. The molecule has 21 heavy (non-hydrogen) atoms. The van der Waals surface area contributed by atoms with E-state index >= 15 is 0 Å². The summed E-state index contributed by atoms with van der Waals surface area (Å²) in [7, 11) is 0. The van der Waals surface area contributed by atoms with Gasteiger partial charge in [-0.3, -0.25) is 0 Å². The zero-order chi connectivity index (χ0) is 14.6. The van der Waals surface area contributed by atoms with Crippen LogP contribution in [0.25, 0.3) is 33.2 Å². The first-order valence-corrected chi connectivity index (χ1v) is 7.66. The SMILES string of the molecule is CSc1c2c(oc(=O)c1C#N)-c1cccc3cccc-2c13. The Labute approximate surface area is 124 Å². The van der Waals surface area contributed by atoms with Crippen LogP contribution in [0.2, 0.25) is 0 Å². The summed E-state index contributed by atoms with van der Waals surface area (Å²) in [6, 6.07) is 14.0. The monoisotopic (exact) mass is 291 g/mol. The first-order valence-electron chi connectivity index (χ1n) is 6.44. The van der Waals surface area contributed by atoms with Crippen LogP contribution in [0.1, 0.15) is 5.56 Å². The summed E-state index contributed by atoms with van der Waals surface area (Å²) in [5.74, 6) is 0.579. The Bertz CT molecular complexity index is 1010. The zero-order valence-electron chi connectivity index (χ0n) is 11.1. The van der Waals surface area contributed by atoms with Gasteiger partial charge in [0.25, 0.3) is 0 Å². The molecule has 2 aromatic carbocycles. The molecular formula is C17H9NO2S. The van der Waals surface area contributed by atoms with Crippen molar-refractivity contribution in [1.82, 2.24) is 0 Å². The van der Waals surface area contributed by atoms with Crippen LogP contribution in [-0.2, 0) is 0 Å². The summed E-state index contributed by atoms with van der Waals surface area (Å²) in [5.41, 5.74) is 2.35. The second-order valence-corrected chi connectivity index (χ2v) is 5.64. The minimum Gasteiger partial charge on any atom is -0.421 e. The van der Waals surface area contributed by atoms with Crippen molar-refractivity contribution in [3.05, 3.63) is 52.4 Å². The van der Waals surface area contributed by atoms with Gasteiger partial charge in [-0.25, -0.2) is 4.79 Å². The largest absolute Gasteiger partial charge is 0.421 e. The number of nitriles is 1. The second-order valence-electron chi connectivity index (χ2n) is 4.82. The molecule has 0 unspecified atom stereocenters. The lowest BCUT2D eigenvalue weighted by Crippen LogP contribution is -2.07. The minimum absolute atomic E-state index is 0.0889. The number of thioether (sulfide) groups is 1. The summed E-state index contributed by atoms with van der Waals surface area (Å²) >= 11 is 1.41. The lowest BCUT2D eigenvalue weighted by molar-refractivity contribution is 0.522. The number of fused-ring (bicyclic) bond motifs is 3. The number of benzene rings is 2. The molecule has 1 aliphatic rings. The first-order chi connectivity index (χ1) is 10.3. The molecule has 0 radical (unpaired) electrons. The van der Waals surface area contributed by atoms with Gasteiger partial charge in [0.1, 0.15) is 11.8 Å². The van der Waals surface area contributed by atoms with Crippen molar-refractivity contribution in [1.29, 1.82) is 5.26 Å². The molecule has 0 N–H and O–H groups in total. The van der Waals surface area contributed by atoms with Crippen LogP contribution in [0.3, 0.4) is 0 Å². The van der Waals surface area contributed by atoms with Gasteiger partial charge in [-0.1, -0.05) is 36.4 Å². The van der Waals surface area contributed by atoms with E-state index in [9.17, 15) is 10.1 Å². The molecule has 4 heteroatoms. The fraction of sp³-hybridized carbons (Fsp3) is 0.0588. The highest BCUT2D eigenvalue weighted by molar-refractivity contribution is 7.98. The maximum absolute atomic E-state index is 12.1. The molecule has 0 saturated carbocycles. The highest BCUT2D eigenvalue weighted by atomic mass is 32.2.